The molecule has 5 nitrogen and oxygen atoms in total. The highest BCUT2D eigenvalue weighted by atomic mass is 16.5. The van der Waals surface area contributed by atoms with Gasteiger partial charge in [0.2, 0.25) is 5.88 Å². The van der Waals surface area contributed by atoms with E-state index in [1.54, 1.807) is 7.11 Å². The molecular formula is C17H24N4O. The van der Waals surface area contributed by atoms with E-state index in [-0.39, 0.29) is 0 Å². The van der Waals surface area contributed by atoms with Gasteiger partial charge in [0.15, 0.2) is 0 Å². The molecule has 2 aromatic rings. The Balaban J connectivity index is 2.25. The molecule has 0 N–H and O–H groups in total. The van der Waals surface area contributed by atoms with Gasteiger partial charge in [-0.2, -0.15) is 0 Å². The number of methoxy groups -OCH3 is 1. The van der Waals surface area contributed by atoms with E-state index in [4.69, 9.17) is 14.7 Å². The molecular weight excluding hydrogens is 276 g/mol. The van der Waals surface area contributed by atoms with Gasteiger partial charge in [0, 0.05) is 24.7 Å². The lowest BCUT2D eigenvalue weighted by Crippen LogP contribution is -2.31. The fourth-order valence-electron chi connectivity index (χ4n) is 2.98. The van der Waals surface area contributed by atoms with E-state index in [9.17, 15) is 0 Å². The Morgan fingerprint density at radius 1 is 1.09 bits per heavy atom. The summed E-state index contributed by atoms with van der Waals surface area (Å²) < 4.78 is 5.52. The number of hydrogen-bond donors (Lipinski definition) is 0. The highest BCUT2D eigenvalue weighted by Gasteiger charge is 2.21. The smallest absolute Gasteiger partial charge is 0.226 e. The molecule has 1 aliphatic rings. The highest BCUT2D eigenvalue weighted by Crippen LogP contribution is 2.34. The fraction of sp³-hybridized carbons (Fsp3) is 0.588. The number of piperidine rings is 1. The van der Waals surface area contributed by atoms with E-state index < -0.39 is 0 Å². The number of pyridine rings is 1. The van der Waals surface area contributed by atoms with Crippen LogP contribution in [0.2, 0.25) is 0 Å². The molecule has 3 rings (SSSR count). The zero-order chi connectivity index (χ0) is 15.7. The summed E-state index contributed by atoms with van der Waals surface area (Å²) in [6.45, 7) is 8.32. The van der Waals surface area contributed by atoms with Crippen molar-refractivity contribution in [3.05, 3.63) is 17.6 Å². The van der Waals surface area contributed by atoms with Crippen LogP contribution in [0.3, 0.4) is 0 Å². The van der Waals surface area contributed by atoms with Crippen LogP contribution >= 0.6 is 0 Å². The molecule has 0 unspecified atom stereocenters. The monoisotopic (exact) mass is 300 g/mol. The SMILES string of the molecule is COc1nc(C)cc2nc(C(C)C)nc(N3CCCCC3)c12. The number of ether oxygens (including phenoxy) is 1. The van der Waals surface area contributed by atoms with Crippen LogP contribution in [0.15, 0.2) is 6.07 Å². The molecule has 0 aliphatic carbocycles. The number of nitrogens with zero attached hydrogens (tertiary/aromatic N) is 4. The zero-order valence-corrected chi connectivity index (χ0v) is 13.9. The van der Waals surface area contributed by atoms with Crippen LogP contribution in [-0.2, 0) is 0 Å². The van der Waals surface area contributed by atoms with Gasteiger partial charge in [0.05, 0.1) is 12.6 Å². The summed E-state index contributed by atoms with van der Waals surface area (Å²) in [6, 6.07) is 2.03. The number of fused-ring (bicyclic) bond motifs is 1. The Labute approximate surface area is 131 Å². The predicted octanol–water partition coefficient (Wildman–Crippen LogP) is 3.46. The number of anilines is 1. The normalized spacial score (nSPS) is 15.6. The third-order valence-electron chi connectivity index (χ3n) is 4.14. The number of hydrogen-bond acceptors (Lipinski definition) is 5. The van der Waals surface area contributed by atoms with Gasteiger partial charge in [-0.1, -0.05) is 13.8 Å². The summed E-state index contributed by atoms with van der Waals surface area (Å²) in [5.41, 5.74) is 1.85. The Hall–Kier alpha value is -1.91. The second-order valence-corrected chi connectivity index (χ2v) is 6.27. The van der Waals surface area contributed by atoms with Crippen molar-refractivity contribution in [1.29, 1.82) is 0 Å². The van der Waals surface area contributed by atoms with Crippen molar-refractivity contribution in [3.63, 3.8) is 0 Å². The van der Waals surface area contributed by atoms with Crippen LogP contribution < -0.4 is 9.64 Å². The fourth-order valence-corrected chi connectivity index (χ4v) is 2.98. The minimum absolute atomic E-state index is 0.299. The zero-order valence-electron chi connectivity index (χ0n) is 13.9. The van der Waals surface area contributed by atoms with Gasteiger partial charge in [0.1, 0.15) is 17.0 Å². The Morgan fingerprint density at radius 2 is 1.82 bits per heavy atom. The van der Waals surface area contributed by atoms with Crippen LogP contribution in [0.1, 0.15) is 50.5 Å². The molecule has 0 aromatic carbocycles. The topological polar surface area (TPSA) is 51.1 Å². The highest BCUT2D eigenvalue weighted by molar-refractivity contribution is 5.94. The van der Waals surface area contributed by atoms with Crippen molar-refractivity contribution in [2.24, 2.45) is 0 Å². The Kier molecular flexibility index (Phi) is 4.14. The third kappa shape index (κ3) is 2.72. The first-order valence-corrected chi connectivity index (χ1v) is 8.08. The first kappa shape index (κ1) is 15.0. The summed E-state index contributed by atoms with van der Waals surface area (Å²) >= 11 is 0. The Bertz CT molecular complexity index is 678. The van der Waals surface area contributed by atoms with Gasteiger partial charge < -0.3 is 9.64 Å². The number of aryl methyl sites for hydroxylation is 1. The second-order valence-electron chi connectivity index (χ2n) is 6.27. The van der Waals surface area contributed by atoms with Crippen LogP contribution in [-0.4, -0.2) is 35.2 Å². The van der Waals surface area contributed by atoms with Gasteiger partial charge in [-0.3, -0.25) is 0 Å². The van der Waals surface area contributed by atoms with Gasteiger partial charge in [-0.05, 0) is 32.3 Å². The quantitative estimate of drug-likeness (QED) is 0.869. The van der Waals surface area contributed by atoms with Crippen LogP contribution in [0, 0.1) is 6.92 Å². The molecule has 0 atom stereocenters. The van der Waals surface area contributed by atoms with Crippen molar-refractivity contribution in [2.45, 2.75) is 46.0 Å². The maximum absolute atomic E-state index is 5.52. The molecule has 3 heterocycles. The van der Waals surface area contributed by atoms with E-state index in [0.717, 1.165) is 41.3 Å². The molecule has 0 radical (unpaired) electrons. The largest absolute Gasteiger partial charge is 0.480 e. The summed E-state index contributed by atoms with van der Waals surface area (Å²) in [7, 11) is 1.66. The van der Waals surface area contributed by atoms with E-state index in [1.807, 2.05) is 13.0 Å². The first-order valence-electron chi connectivity index (χ1n) is 8.08. The number of aromatic nitrogens is 3. The Morgan fingerprint density at radius 3 is 2.45 bits per heavy atom. The summed E-state index contributed by atoms with van der Waals surface area (Å²) in [5.74, 6) is 2.80. The van der Waals surface area contributed by atoms with Gasteiger partial charge in [0.25, 0.3) is 0 Å². The van der Waals surface area contributed by atoms with Crippen LogP contribution in [0.4, 0.5) is 5.82 Å². The molecule has 0 spiro atoms. The minimum Gasteiger partial charge on any atom is -0.480 e. The molecule has 1 fully saturated rings. The number of rotatable bonds is 3. The molecule has 0 bridgehead atoms. The van der Waals surface area contributed by atoms with Crippen molar-refractivity contribution >= 4 is 16.7 Å². The van der Waals surface area contributed by atoms with Crippen LogP contribution in [0.25, 0.3) is 10.9 Å². The molecule has 1 saturated heterocycles. The van der Waals surface area contributed by atoms with Crippen LogP contribution in [0.5, 0.6) is 5.88 Å². The molecule has 0 saturated carbocycles. The second kappa shape index (κ2) is 6.07. The molecule has 118 valence electrons. The van der Waals surface area contributed by atoms with Gasteiger partial charge >= 0.3 is 0 Å². The lowest BCUT2D eigenvalue weighted by atomic mass is 10.1. The molecule has 22 heavy (non-hydrogen) atoms. The van der Waals surface area contributed by atoms with E-state index in [0.29, 0.717) is 11.8 Å². The predicted molar refractivity (Wildman–Crippen MR) is 88.8 cm³/mol. The van der Waals surface area contributed by atoms with Crippen molar-refractivity contribution < 1.29 is 4.74 Å². The molecule has 5 heteroatoms. The van der Waals surface area contributed by atoms with Crippen molar-refractivity contribution in [1.82, 2.24) is 15.0 Å². The maximum Gasteiger partial charge on any atom is 0.226 e. The van der Waals surface area contributed by atoms with Gasteiger partial charge in [-0.25, -0.2) is 15.0 Å². The van der Waals surface area contributed by atoms with E-state index >= 15 is 0 Å². The molecule has 2 aromatic heterocycles. The first-order chi connectivity index (χ1) is 10.6. The average molecular weight is 300 g/mol. The lowest BCUT2D eigenvalue weighted by Gasteiger charge is -2.29. The molecule has 0 amide bonds. The third-order valence-corrected chi connectivity index (χ3v) is 4.14. The lowest BCUT2D eigenvalue weighted by molar-refractivity contribution is 0.402. The molecule has 1 aliphatic heterocycles. The van der Waals surface area contributed by atoms with Gasteiger partial charge in [-0.15, -0.1) is 0 Å². The van der Waals surface area contributed by atoms with E-state index in [2.05, 4.69) is 23.7 Å². The summed E-state index contributed by atoms with van der Waals surface area (Å²) in [5, 5.41) is 0.944. The van der Waals surface area contributed by atoms with E-state index in [1.165, 1.54) is 19.3 Å². The standard InChI is InChI=1S/C17H24N4O/c1-11(2)15-19-13-10-12(3)18-17(22-4)14(13)16(20-15)21-8-6-5-7-9-21/h10-11H,5-9H2,1-4H3. The minimum atomic E-state index is 0.299. The maximum atomic E-state index is 5.52. The average Bonchev–Trinajstić information content (AvgIpc) is 2.53. The summed E-state index contributed by atoms with van der Waals surface area (Å²) in [4.78, 5) is 16.5. The van der Waals surface area contributed by atoms with Crippen molar-refractivity contribution in [3.8, 4) is 5.88 Å². The van der Waals surface area contributed by atoms with Crippen molar-refractivity contribution in [2.75, 3.05) is 25.1 Å². The summed E-state index contributed by atoms with van der Waals surface area (Å²) in [6.07, 6.45) is 3.72.